The molecule has 2 aromatic rings. The van der Waals surface area contributed by atoms with E-state index in [4.69, 9.17) is 10.5 Å². The van der Waals surface area contributed by atoms with Gasteiger partial charge in [-0.1, -0.05) is 42.2 Å². The molecule has 0 radical (unpaired) electrons. The van der Waals surface area contributed by atoms with Crippen LogP contribution in [-0.2, 0) is 11.3 Å². The molecule has 4 rings (SSSR count). The maximum atomic E-state index is 6.28. The van der Waals surface area contributed by atoms with Crippen LogP contribution in [0.15, 0.2) is 48.7 Å². The lowest BCUT2D eigenvalue weighted by atomic mass is 10.0. The zero-order valence-electron chi connectivity index (χ0n) is 15.1. The highest BCUT2D eigenvalue weighted by Crippen LogP contribution is 2.29. The third kappa shape index (κ3) is 3.76. The molecule has 2 aromatic carbocycles. The molecule has 132 valence electrons. The van der Waals surface area contributed by atoms with Crippen LogP contribution in [0.25, 0.3) is 5.70 Å². The summed E-state index contributed by atoms with van der Waals surface area (Å²) in [6, 6.07) is 14.6. The first-order valence-corrected chi connectivity index (χ1v) is 9.21. The zero-order chi connectivity index (χ0) is 17.9. The van der Waals surface area contributed by atoms with E-state index in [1.54, 1.807) is 0 Å². The first-order chi connectivity index (χ1) is 12.7. The summed E-state index contributed by atoms with van der Waals surface area (Å²) in [6.45, 7) is 3.47. The van der Waals surface area contributed by atoms with Crippen LogP contribution in [0, 0.1) is 24.7 Å². The van der Waals surface area contributed by atoms with Gasteiger partial charge in [-0.05, 0) is 48.6 Å². The largest absolute Gasteiger partial charge is 0.397 e. The number of rotatable bonds is 4. The molecule has 2 aliphatic rings. The van der Waals surface area contributed by atoms with Crippen LogP contribution in [0.5, 0.6) is 0 Å². The Kier molecular flexibility index (Phi) is 4.69. The maximum Gasteiger partial charge on any atom is 0.100 e. The molecule has 3 N–H and O–H groups in total. The Hall–Kier alpha value is -2.70. The van der Waals surface area contributed by atoms with Crippen LogP contribution in [0.2, 0.25) is 0 Å². The molecule has 1 aliphatic carbocycles. The van der Waals surface area contributed by atoms with Crippen molar-refractivity contribution in [3.63, 3.8) is 0 Å². The van der Waals surface area contributed by atoms with E-state index in [-0.39, 0.29) is 6.10 Å². The summed E-state index contributed by atoms with van der Waals surface area (Å²) in [5.74, 6) is 7.18. The molecule has 1 saturated carbocycles. The molecule has 1 unspecified atom stereocenters. The summed E-state index contributed by atoms with van der Waals surface area (Å²) >= 11 is 0. The van der Waals surface area contributed by atoms with Crippen LogP contribution in [0.1, 0.15) is 46.8 Å². The minimum atomic E-state index is 0.0800. The lowest BCUT2D eigenvalue weighted by Crippen LogP contribution is -2.17. The molecule has 0 bridgehead atoms. The Balaban J connectivity index is 1.39. The third-order valence-electron chi connectivity index (χ3n) is 4.94. The van der Waals surface area contributed by atoms with E-state index in [9.17, 15) is 0 Å². The van der Waals surface area contributed by atoms with E-state index >= 15 is 0 Å². The van der Waals surface area contributed by atoms with Crippen LogP contribution in [-0.4, -0.2) is 6.54 Å². The topological polar surface area (TPSA) is 47.3 Å². The van der Waals surface area contributed by atoms with E-state index in [1.807, 2.05) is 6.20 Å². The summed E-state index contributed by atoms with van der Waals surface area (Å²) in [5.41, 5.74) is 12.8. The Bertz CT molecular complexity index is 900. The SMILES string of the molecule is Cc1cc(C#CC2CC2)ccc1/C(N)=C/NCC1OCc2ccccc21. The third-order valence-corrected chi connectivity index (χ3v) is 4.94. The number of benzene rings is 2. The van der Waals surface area contributed by atoms with E-state index in [0.29, 0.717) is 19.1 Å². The van der Waals surface area contributed by atoms with Crippen molar-refractivity contribution in [3.8, 4) is 11.8 Å². The number of hydrogen-bond donors (Lipinski definition) is 2. The Morgan fingerprint density at radius 1 is 1.27 bits per heavy atom. The maximum absolute atomic E-state index is 6.28. The van der Waals surface area contributed by atoms with Gasteiger partial charge in [-0.3, -0.25) is 0 Å². The quantitative estimate of drug-likeness (QED) is 0.828. The van der Waals surface area contributed by atoms with Gasteiger partial charge in [0.1, 0.15) is 6.10 Å². The summed E-state index contributed by atoms with van der Waals surface area (Å²) in [5, 5.41) is 3.32. The van der Waals surface area contributed by atoms with Gasteiger partial charge >= 0.3 is 0 Å². The molecule has 3 heteroatoms. The van der Waals surface area contributed by atoms with E-state index < -0.39 is 0 Å². The van der Waals surface area contributed by atoms with Crippen LogP contribution in [0.4, 0.5) is 0 Å². The Morgan fingerprint density at radius 2 is 2.12 bits per heavy atom. The van der Waals surface area contributed by atoms with Crippen LogP contribution < -0.4 is 11.1 Å². The summed E-state index contributed by atoms with van der Waals surface area (Å²) in [4.78, 5) is 0. The molecular formula is C23H24N2O. The highest BCUT2D eigenvalue weighted by molar-refractivity contribution is 5.66. The highest BCUT2D eigenvalue weighted by Gasteiger charge is 2.21. The summed E-state index contributed by atoms with van der Waals surface area (Å²) in [6.07, 6.45) is 4.46. The van der Waals surface area contributed by atoms with E-state index in [0.717, 1.165) is 22.4 Å². The van der Waals surface area contributed by atoms with Crippen molar-refractivity contribution in [1.29, 1.82) is 0 Å². The zero-order valence-corrected chi connectivity index (χ0v) is 15.1. The van der Waals surface area contributed by atoms with Gasteiger partial charge in [-0.15, -0.1) is 0 Å². The van der Waals surface area contributed by atoms with Crippen molar-refractivity contribution < 1.29 is 4.74 Å². The molecule has 1 atom stereocenters. The van der Waals surface area contributed by atoms with Gasteiger partial charge < -0.3 is 15.8 Å². The van der Waals surface area contributed by atoms with Gasteiger partial charge in [0.2, 0.25) is 0 Å². The molecule has 1 aliphatic heterocycles. The average molecular weight is 344 g/mol. The average Bonchev–Trinajstić information content (AvgIpc) is 3.40. The Morgan fingerprint density at radius 3 is 2.92 bits per heavy atom. The monoisotopic (exact) mass is 344 g/mol. The minimum absolute atomic E-state index is 0.0800. The van der Waals surface area contributed by atoms with Crippen molar-refractivity contribution in [3.05, 3.63) is 76.5 Å². The smallest absolute Gasteiger partial charge is 0.100 e. The van der Waals surface area contributed by atoms with Gasteiger partial charge in [0.25, 0.3) is 0 Å². The van der Waals surface area contributed by atoms with Gasteiger partial charge in [0, 0.05) is 29.8 Å². The van der Waals surface area contributed by atoms with Crippen LogP contribution in [0.3, 0.4) is 0 Å². The molecule has 0 aromatic heterocycles. The number of ether oxygens (including phenoxy) is 1. The number of fused-ring (bicyclic) bond motifs is 1. The standard InChI is InChI=1S/C23H24N2O/c1-16-12-18(9-8-17-6-7-17)10-11-20(16)22(24)13-25-14-23-21-5-3-2-4-19(21)15-26-23/h2-5,10-13,17,23,25H,6-7,14-15,24H2,1H3/b22-13-. The lowest BCUT2D eigenvalue weighted by Gasteiger charge is -2.12. The van der Waals surface area contributed by atoms with Gasteiger partial charge in [-0.25, -0.2) is 0 Å². The second-order valence-electron chi connectivity index (χ2n) is 7.08. The second kappa shape index (κ2) is 7.27. The molecule has 26 heavy (non-hydrogen) atoms. The van der Waals surface area contributed by atoms with Crippen molar-refractivity contribution >= 4 is 5.70 Å². The number of nitrogens with one attached hydrogen (secondary N) is 1. The first-order valence-electron chi connectivity index (χ1n) is 9.21. The van der Waals surface area contributed by atoms with Crippen LogP contribution >= 0.6 is 0 Å². The van der Waals surface area contributed by atoms with Crippen molar-refractivity contribution in [2.24, 2.45) is 11.7 Å². The first kappa shape index (κ1) is 16.8. The van der Waals surface area contributed by atoms with Crippen molar-refractivity contribution in [2.45, 2.75) is 32.5 Å². The molecule has 0 amide bonds. The lowest BCUT2D eigenvalue weighted by molar-refractivity contribution is 0.0684. The summed E-state index contributed by atoms with van der Waals surface area (Å²) in [7, 11) is 0. The predicted molar refractivity (Wildman–Crippen MR) is 105 cm³/mol. The van der Waals surface area contributed by atoms with Gasteiger partial charge in [0.15, 0.2) is 0 Å². The molecular weight excluding hydrogens is 320 g/mol. The van der Waals surface area contributed by atoms with E-state index in [2.05, 4.69) is 66.5 Å². The molecule has 3 nitrogen and oxygen atoms in total. The van der Waals surface area contributed by atoms with Gasteiger partial charge in [-0.2, -0.15) is 0 Å². The van der Waals surface area contributed by atoms with E-state index in [1.165, 1.54) is 24.0 Å². The van der Waals surface area contributed by atoms with Gasteiger partial charge in [0.05, 0.1) is 12.3 Å². The fraction of sp³-hybridized carbons (Fsp3) is 0.304. The molecule has 1 fully saturated rings. The van der Waals surface area contributed by atoms with Crippen molar-refractivity contribution in [1.82, 2.24) is 5.32 Å². The Labute approximate surface area is 155 Å². The fourth-order valence-electron chi connectivity index (χ4n) is 3.26. The molecule has 0 spiro atoms. The minimum Gasteiger partial charge on any atom is -0.397 e. The normalized spacial score (nSPS) is 18.8. The second-order valence-corrected chi connectivity index (χ2v) is 7.08. The number of hydrogen-bond acceptors (Lipinski definition) is 3. The summed E-state index contributed by atoms with van der Waals surface area (Å²) < 4.78 is 5.85. The number of nitrogens with two attached hydrogens (primary N) is 1. The number of aryl methyl sites for hydroxylation is 1. The van der Waals surface area contributed by atoms with Crippen molar-refractivity contribution in [2.75, 3.05) is 6.54 Å². The predicted octanol–water partition coefficient (Wildman–Crippen LogP) is 3.87. The highest BCUT2D eigenvalue weighted by atomic mass is 16.5. The molecule has 1 heterocycles. The molecule has 0 saturated heterocycles. The fourth-order valence-corrected chi connectivity index (χ4v) is 3.26.